The molecule has 2 aromatic carbocycles. The number of para-hydroxylation sites is 1. The summed E-state index contributed by atoms with van der Waals surface area (Å²) in [7, 11) is 0. The zero-order valence-electron chi connectivity index (χ0n) is 15.1. The second-order valence-corrected chi connectivity index (χ2v) is 6.78. The van der Waals surface area contributed by atoms with Crippen molar-refractivity contribution in [2.75, 3.05) is 18.1 Å². The third-order valence-corrected chi connectivity index (χ3v) is 4.86. The number of primary amides is 1. The van der Waals surface area contributed by atoms with Gasteiger partial charge in [0, 0.05) is 17.3 Å². The molecule has 0 bridgehead atoms. The summed E-state index contributed by atoms with van der Waals surface area (Å²) >= 11 is 6.14. The smallest absolute Gasteiger partial charge is 0.312 e. The van der Waals surface area contributed by atoms with Crippen molar-refractivity contribution >= 4 is 35.2 Å². The third-order valence-electron chi connectivity index (χ3n) is 4.51. The number of carbonyl (C=O) groups excluding carboxylic acids is 3. The first-order valence-electron chi connectivity index (χ1n) is 8.80. The number of carbonyl (C=O) groups is 3. The lowest BCUT2D eigenvalue weighted by molar-refractivity contribution is -0.148. The van der Waals surface area contributed by atoms with Gasteiger partial charge in [-0.15, -0.1) is 0 Å². The van der Waals surface area contributed by atoms with Crippen LogP contribution in [-0.2, 0) is 20.7 Å². The number of ether oxygens (including phenoxy) is 1. The molecule has 0 spiro atoms. The number of benzene rings is 2. The van der Waals surface area contributed by atoms with Crippen molar-refractivity contribution in [3.8, 4) is 0 Å². The Balaban J connectivity index is 1.60. The highest BCUT2D eigenvalue weighted by Gasteiger charge is 2.26. The third kappa shape index (κ3) is 4.61. The number of amides is 3. The van der Waals surface area contributed by atoms with E-state index in [0.29, 0.717) is 17.1 Å². The Hall–Kier alpha value is -3.06. The molecule has 0 aromatic heterocycles. The van der Waals surface area contributed by atoms with Gasteiger partial charge in [0.15, 0.2) is 6.61 Å². The maximum atomic E-state index is 12.4. The van der Waals surface area contributed by atoms with Crippen LogP contribution in [0.1, 0.15) is 23.6 Å². The first-order chi connectivity index (χ1) is 13.5. The van der Waals surface area contributed by atoms with Crippen LogP contribution >= 0.6 is 11.6 Å². The van der Waals surface area contributed by atoms with Crippen LogP contribution in [0.15, 0.2) is 48.5 Å². The van der Waals surface area contributed by atoms with Crippen LogP contribution < -0.4 is 16.0 Å². The standard InChI is InChI=1S/C20H20ClN3O4/c21-15-7-3-2-6-14(15)16(23-20(22)27)11-19(26)28-12-18(25)24-10-9-13-5-1-4-8-17(13)24/h1-8,16H,9-12H2,(H3,22,23,27)/t16-/m1/s1. The Morgan fingerprint density at radius 3 is 2.61 bits per heavy atom. The first kappa shape index (κ1) is 19.7. The number of esters is 1. The van der Waals surface area contributed by atoms with Gasteiger partial charge in [-0.1, -0.05) is 48.0 Å². The molecule has 3 rings (SSSR count). The van der Waals surface area contributed by atoms with Crippen LogP contribution in [-0.4, -0.2) is 31.1 Å². The van der Waals surface area contributed by atoms with Crippen molar-refractivity contribution in [3.05, 3.63) is 64.7 Å². The van der Waals surface area contributed by atoms with Gasteiger partial charge in [0.05, 0.1) is 12.5 Å². The highest BCUT2D eigenvalue weighted by atomic mass is 35.5. The Morgan fingerprint density at radius 2 is 1.86 bits per heavy atom. The van der Waals surface area contributed by atoms with E-state index in [2.05, 4.69) is 5.32 Å². The minimum atomic E-state index is -0.789. The van der Waals surface area contributed by atoms with Crippen molar-refractivity contribution in [2.24, 2.45) is 5.73 Å². The predicted octanol–water partition coefficient (Wildman–Crippen LogP) is 2.57. The molecule has 1 aliphatic heterocycles. The molecule has 7 nitrogen and oxygen atoms in total. The van der Waals surface area contributed by atoms with E-state index in [0.717, 1.165) is 17.7 Å². The Kier molecular flexibility index (Phi) is 6.16. The van der Waals surface area contributed by atoms with Crippen molar-refractivity contribution in [1.82, 2.24) is 5.32 Å². The first-order valence-corrected chi connectivity index (χ1v) is 9.18. The van der Waals surface area contributed by atoms with Gasteiger partial charge in [-0.05, 0) is 29.7 Å². The normalized spacial score (nSPS) is 13.5. The lowest BCUT2D eigenvalue weighted by Gasteiger charge is -2.20. The van der Waals surface area contributed by atoms with Crippen molar-refractivity contribution < 1.29 is 19.1 Å². The molecule has 3 amide bonds. The van der Waals surface area contributed by atoms with Gasteiger partial charge in [-0.3, -0.25) is 9.59 Å². The SMILES string of the molecule is NC(=O)N[C@H](CC(=O)OCC(=O)N1CCc2ccccc21)c1ccccc1Cl. The van der Waals surface area contributed by atoms with E-state index in [9.17, 15) is 14.4 Å². The molecular weight excluding hydrogens is 382 g/mol. The molecule has 0 saturated carbocycles. The molecule has 0 saturated heterocycles. The molecule has 0 aliphatic carbocycles. The number of halogens is 1. The average Bonchev–Trinajstić information content (AvgIpc) is 3.10. The van der Waals surface area contributed by atoms with Crippen LogP contribution in [0, 0.1) is 0 Å². The Morgan fingerprint density at radius 1 is 1.14 bits per heavy atom. The van der Waals surface area contributed by atoms with Gasteiger partial charge in [0.25, 0.3) is 5.91 Å². The summed E-state index contributed by atoms with van der Waals surface area (Å²) in [6.45, 7) is 0.181. The largest absolute Gasteiger partial charge is 0.455 e. The fraction of sp³-hybridized carbons (Fsp3) is 0.250. The van der Waals surface area contributed by atoms with Gasteiger partial charge >= 0.3 is 12.0 Å². The number of hydrogen-bond donors (Lipinski definition) is 2. The van der Waals surface area contributed by atoms with Gasteiger partial charge in [0.1, 0.15) is 0 Å². The molecular formula is C20H20ClN3O4. The molecule has 3 N–H and O–H groups in total. The minimum Gasteiger partial charge on any atom is -0.455 e. The van der Waals surface area contributed by atoms with Crippen molar-refractivity contribution in [3.63, 3.8) is 0 Å². The van der Waals surface area contributed by atoms with Gasteiger partial charge in [-0.25, -0.2) is 4.79 Å². The predicted molar refractivity (Wildman–Crippen MR) is 105 cm³/mol. The lowest BCUT2D eigenvalue weighted by Crippen LogP contribution is -2.36. The number of anilines is 1. The van der Waals surface area contributed by atoms with Gasteiger partial charge in [-0.2, -0.15) is 0 Å². The molecule has 0 fully saturated rings. The van der Waals surface area contributed by atoms with Crippen LogP contribution in [0.3, 0.4) is 0 Å². The maximum absolute atomic E-state index is 12.4. The molecule has 2 aromatic rings. The van der Waals surface area contributed by atoms with Gasteiger partial charge < -0.3 is 20.7 Å². The molecule has 1 atom stereocenters. The number of urea groups is 1. The zero-order valence-corrected chi connectivity index (χ0v) is 15.8. The summed E-state index contributed by atoms with van der Waals surface area (Å²) in [6, 6.07) is 12.9. The van der Waals surface area contributed by atoms with E-state index in [1.807, 2.05) is 24.3 Å². The maximum Gasteiger partial charge on any atom is 0.312 e. The fourth-order valence-electron chi connectivity index (χ4n) is 3.21. The average molecular weight is 402 g/mol. The van der Waals surface area contributed by atoms with E-state index < -0.39 is 18.0 Å². The van der Waals surface area contributed by atoms with E-state index >= 15 is 0 Å². The number of hydrogen-bond acceptors (Lipinski definition) is 4. The highest BCUT2D eigenvalue weighted by Crippen LogP contribution is 2.28. The van der Waals surface area contributed by atoms with Crippen LogP contribution in [0.2, 0.25) is 5.02 Å². The summed E-state index contributed by atoms with van der Waals surface area (Å²) in [5.74, 6) is -0.935. The number of nitrogens with two attached hydrogens (primary N) is 1. The molecule has 0 unspecified atom stereocenters. The zero-order chi connectivity index (χ0) is 20.1. The second-order valence-electron chi connectivity index (χ2n) is 6.37. The van der Waals surface area contributed by atoms with Crippen molar-refractivity contribution in [1.29, 1.82) is 0 Å². The molecule has 0 radical (unpaired) electrons. The molecule has 1 heterocycles. The molecule has 8 heteroatoms. The number of fused-ring (bicyclic) bond motifs is 1. The number of nitrogens with one attached hydrogen (secondary N) is 1. The van der Waals surface area contributed by atoms with E-state index in [1.165, 1.54) is 0 Å². The summed E-state index contributed by atoms with van der Waals surface area (Å²) in [5.41, 5.74) is 7.67. The van der Waals surface area contributed by atoms with Gasteiger partial charge in [0.2, 0.25) is 0 Å². The van der Waals surface area contributed by atoms with Crippen LogP contribution in [0.5, 0.6) is 0 Å². The summed E-state index contributed by atoms with van der Waals surface area (Å²) in [6.07, 6.45) is 0.573. The highest BCUT2D eigenvalue weighted by molar-refractivity contribution is 6.31. The van der Waals surface area contributed by atoms with Crippen LogP contribution in [0.4, 0.5) is 10.5 Å². The Labute approximate surface area is 167 Å². The Bertz CT molecular complexity index is 903. The molecule has 1 aliphatic rings. The van der Waals surface area contributed by atoms with Crippen LogP contribution in [0.25, 0.3) is 0 Å². The molecule has 146 valence electrons. The topological polar surface area (TPSA) is 102 Å². The monoisotopic (exact) mass is 401 g/mol. The number of rotatable bonds is 6. The van der Waals surface area contributed by atoms with E-state index in [1.54, 1.807) is 29.2 Å². The van der Waals surface area contributed by atoms with E-state index in [4.69, 9.17) is 22.1 Å². The van der Waals surface area contributed by atoms with Crippen molar-refractivity contribution in [2.45, 2.75) is 18.9 Å². The lowest BCUT2D eigenvalue weighted by atomic mass is 10.0. The fourth-order valence-corrected chi connectivity index (χ4v) is 3.48. The summed E-state index contributed by atoms with van der Waals surface area (Å²) in [5, 5.41) is 2.87. The van der Waals surface area contributed by atoms with E-state index in [-0.39, 0.29) is 18.9 Å². The quantitative estimate of drug-likeness (QED) is 0.726. The number of nitrogens with zero attached hydrogens (tertiary/aromatic N) is 1. The summed E-state index contributed by atoms with van der Waals surface area (Å²) in [4.78, 5) is 37.6. The minimum absolute atomic E-state index is 0.198. The second kappa shape index (κ2) is 8.75. The summed E-state index contributed by atoms with van der Waals surface area (Å²) < 4.78 is 5.14. The molecule has 28 heavy (non-hydrogen) atoms.